The van der Waals surface area contributed by atoms with Crippen molar-refractivity contribution >= 4 is 16.9 Å². The van der Waals surface area contributed by atoms with E-state index in [1.165, 1.54) is 12.4 Å². The summed E-state index contributed by atoms with van der Waals surface area (Å²) in [7, 11) is 0. The zero-order valence-corrected chi connectivity index (χ0v) is 13.5. The van der Waals surface area contributed by atoms with Crippen molar-refractivity contribution in [2.24, 2.45) is 0 Å². The van der Waals surface area contributed by atoms with Crippen LogP contribution in [0.1, 0.15) is 17.2 Å². The lowest BCUT2D eigenvalue weighted by molar-refractivity contribution is -0.384. The van der Waals surface area contributed by atoms with Crippen molar-refractivity contribution in [3.8, 4) is 11.3 Å². The van der Waals surface area contributed by atoms with Gasteiger partial charge in [-0.2, -0.15) is 5.10 Å². The van der Waals surface area contributed by atoms with Crippen LogP contribution < -0.4 is 5.32 Å². The standard InChI is InChI=1S/C19H13N5O2/c25-24(26)13-5-3-4-12(10-13)17-15-8-9-23-19(15)18(20-11-21-23)14-6-1-2-7-16(14)22-17/h1-11,17,22H. The van der Waals surface area contributed by atoms with Crippen LogP contribution in [0, 0.1) is 10.1 Å². The number of non-ortho nitro benzene ring substituents is 1. The largest absolute Gasteiger partial charge is 0.374 e. The molecule has 1 unspecified atom stereocenters. The Balaban J connectivity index is 1.80. The summed E-state index contributed by atoms with van der Waals surface area (Å²) in [6.07, 6.45) is 3.42. The van der Waals surface area contributed by atoms with E-state index in [4.69, 9.17) is 0 Å². The first-order chi connectivity index (χ1) is 12.7. The van der Waals surface area contributed by atoms with E-state index in [0.717, 1.165) is 33.6 Å². The van der Waals surface area contributed by atoms with Gasteiger partial charge in [-0.15, -0.1) is 0 Å². The molecule has 7 nitrogen and oxygen atoms in total. The summed E-state index contributed by atoms with van der Waals surface area (Å²) >= 11 is 0. The maximum atomic E-state index is 11.2. The van der Waals surface area contributed by atoms with Crippen LogP contribution in [0.25, 0.3) is 16.8 Å². The molecule has 0 fully saturated rings. The number of nitrogens with zero attached hydrogens (tertiary/aromatic N) is 4. The maximum absolute atomic E-state index is 11.2. The molecule has 5 rings (SSSR count). The number of anilines is 1. The first-order valence-electron chi connectivity index (χ1n) is 8.15. The first-order valence-corrected chi connectivity index (χ1v) is 8.15. The number of aromatic nitrogens is 3. The summed E-state index contributed by atoms with van der Waals surface area (Å²) in [5, 5.41) is 19.0. The second-order valence-electron chi connectivity index (χ2n) is 6.15. The smallest absolute Gasteiger partial charge is 0.269 e. The third-order valence-corrected chi connectivity index (χ3v) is 4.69. The van der Waals surface area contributed by atoms with E-state index in [2.05, 4.69) is 15.4 Å². The van der Waals surface area contributed by atoms with Crippen LogP contribution in [0.4, 0.5) is 11.4 Å². The summed E-state index contributed by atoms with van der Waals surface area (Å²) in [4.78, 5) is 15.3. The van der Waals surface area contributed by atoms with Gasteiger partial charge in [-0.05, 0) is 17.7 Å². The molecule has 0 amide bonds. The van der Waals surface area contributed by atoms with Gasteiger partial charge in [0.2, 0.25) is 0 Å². The highest BCUT2D eigenvalue weighted by Gasteiger charge is 2.27. The fourth-order valence-electron chi connectivity index (χ4n) is 3.54. The minimum atomic E-state index is -0.374. The Bertz CT molecular complexity index is 1170. The van der Waals surface area contributed by atoms with Crippen molar-refractivity contribution in [1.82, 2.24) is 14.6 Å². The van der Waals surface area contributed by atoms with E-state index in [9.17, 15) is 10.1 Å². The number of nitrogens with one attached hydrogen (secondary N) is 1. The van der Waals surface area contributed by atoms with E-state index in [0.29, 0.717) is 0 Å². The molecule has 1 N–H and O–H groups in total. The van der Waals surface area contributed by atoms with Crippen LogP contribution in [0.3, 0.4) is 0 Å². The lowest BCUT2D eigenvalue weighted by Crippen LogP contribution is -2.11. The average molecular weight is 343 g/mol. The molecule has 0 saturated heterocycles. The van der Waals surface area contributed by atoms with E-state index < -0.39 is 0 Å². The Morgan fingerprint density at radius 3 is 2.88 bits per heavy atom. The fourth-order valence-corrected chi connectivity index (χ4v) is 3.54. The van der Waals surface area contributed by atoms with Gasteiger partial charge < -0.3 is 5.32 Å². The van der Waals surface area contributed by atoms with Crippen LogP contribution in [-0.2, 0) is 0 Å². The number of fused-ring (bicyclic) bond motifs is 2. The van der Waals surface area contributed by atoms with Gasteiger partial charge in [-0.1, -0.05) is 30.3 Å². The second kappa shape index (κ2) is 5.38. The third kappa shape index (κ3) is 2.07. The number of nitro benzene ring substituents is 1. The van der Waals surface area contributed by atoms with Crippen LogP contribution in [0.5, 0.6) is 0 Å². The number of hydrogen-bond acceptors (Lipinski definition) is 5. The molecule has 7 heteroatoms. The maximum Gasteiger partial charge on any atom is 0.269 e. The number of nitro groups is 1. The summed E-state index contributed by atoms with van der Waals surface area (Å²) < 4.78 is 1.80. The minimum absolute atomic E-state index is 0.0711. The predicted molar refractivity (Wildman–Crippen MR) is 97.0 cm³/mol. The van der Waals surface area contributed by atoms with Crippen LogP contribution in [0.15, 0.2) is 67.1 Å². The summed E-state index contributed by atoms with van der Waals surface area (Å²) in [6.45, 7) is 0. The van der Waals surface area contributed by atoms with Gasteiger partial charge in [-0.25, -0.2) is 9.50 Å². The van der Waals surface area contributed by atoms with Crippen molar-refractivity contribution in [3.05, 3.63) is 88.4 Å². The fraction of sp³-hybridized carbons (Fsp3) is 0.0526. The SMILES string of the molecule is O=[N+]([O-])c1cccc(C2Nc3ccccc3-c3ncnn4ccc2c34)c1. The molecular weight excluding hydrogens is 330 g/mol. The molecule has 26 heavy (non-hydrogen) atoms. The van der Waals surface area contributed by atoms with Gasteiger partial charge in [0.05, 0.1) is 16.5 Å². The van der Waals surface area contributed by atoms with Crippen molar-refractivity contribution < 1.29 is 4.92 Å². The van der Waals surface area contributed by atoms with Crippen molar-refractivity contribution in [2.75, 3.05) is 5.32 Å². The summed E-state index contributed by atoms with van der Waals surface area (Å²) in [5.41, 5.74) is 5.53. The first kappa shape index (κ1) is 14.6. The average Bonchev–Trinajstić information content (AvgIpc) is 3.04. The Morgan fingerprint density at radius 2 is 2.00 bits per heavy atom. The molecule has 2 aromatic heterocycles. The Labute approximate surface area is 148 Å². The summed E-state index contributed by atoms with van der Waals surface area (Å²) in [6, 6.07) is 16.4. The molecule has 126 valence electrons. The highest BCUT2D eigenvalue weighted by Crippen LogP contribution is 2.41. The lowest BCUT2D eigenvalue weighted by Gasteiger charge is -2.19. The molecule has 4 aromatic rings. The van der Waals surface area contributed by atoms with Crippen LogP contribution in [0.2, 0.25) is 0 Å². The molecule has 2 aromatic carbocycles. The predicted octanol–water partition coefficient (Wildman–Crippen LogP) is 3.82. The quantitative estimate of drug-likeness (QED) is 0.442. The number of hydrogen-bond donors (Lipinski definition) is 1. The Morgan fingerprint density at radius 1 is 1.12 bits per heavy atom. The molecule has 1 aliphatic rings. The van der Waals surface area contributed by atoms with E-state index in [1.54, 1.807) is 16.6 Å². The van der Waals surface area contributed by atoms with E-state index >= 15 is 0 Å². The topological polar surface area (TPSA) is 85.4 Å². The van der Waals surface area contributed by atoms with Gasteiger partial charge in [0.1, 0.15) is 12.0 Å². The minimum Gasteiger partial charge on any atom is -0.374 e. The van der Waals surface area contributed by atoms with Crippen molar-refractivity contribution in [2.45, 2.75) is 6.04 Å². The lowest BCUT2D eigenvalue weighted by atomic mass is 9.99. The van der Waals surface area contributed by atoms with Crippen LogP contribution >= 0.6 is 0 Å². The zero-order chi connectivity index (χ0) is 17.7. The zero-order valence-electron chi connectivity index (χ0n) is 13.5. The van der Waals surface area contributed by atoms with Gasteiger partial charge >= 0.3 is 0 Å². The molecule has 0 spiro atoms. The molecule has 3 heterocycles. The van der Waals surface area contributed by atoms with Gasteiger partial charge in [-0.3, -0.25) is 10.1 Å². The number of benzene rings is 2. The van der Waals surface area contributed by atoms with Gasteiger partial charge in [0.25, 0.3) is 5.69 Å². The molecule has 1 atom stereocenters. The molecular formula is C19H13N5O2. The van der Waals surface area contributed by atoms with Crippen molar-refractivity contribution in [3.63, 3.8) is 0 Å². The second-order valence-corrected chi connectivity index (χ2v) is 6.15. The molecule has 1 aliphatic heterocycles. The van der Waals surface area contributed by atoms with Gasteiger partial charge in [0, 0.05) is 35.1 Å². The normalized spacial score (nSPS) is 15.2. The Hall–Kier alpha value is -3.74. The van der Waals surface area contributed by atoms with Gasteiger partial charge in [0.15, 0.2) is 0 Å². The molecule has 0 radical (unpaired) electrons. The highest BCUT2D eigenvalue weighted by atomic mass is 16.6. The molecule has 0 bridgehead atoms. The van der Waals surface area contributed by atoms with E-state index in [1.807, 2.05) is 42.6 Å². The number of para-hydroxylation sites is 1. The number of rotatable bonds is 2. The van der Waals surface area contributed by atoms with Crippen LogP contribution in [-0.4, -0.2) is 19.5 Å². The van der Waals surface area contributed by atoms with E-state index in [-0.39, 0.29) is 16.7 Å². The third-order valence-electron chi connectivity index (χ3n) is 4.69. The summed E-state index contributed by atoms with van der Waals surface area (Å²) in [5.74, 6) is 0. The monoisotopic (exact) mass is 343 g/mol. The molecule has 0 saturated carbocycles. The van der Waals surface area contributed by atoms with Crippen molar-refractivity contribution in [1.29, 1.82) is 0 Å². The highest BCUT2D eigenvalue weighted by molar-refractivity contribution is 5.90. The Kier molecular flexibility index (Phi) is 3.02. The molecule has 0 aliphatic carbocycles.